The van der Waals surface area contributed by atoms with Crippen molar-refractivity contribution >= 4 is 11.8 Å². The lowest BCUT2D eigenvalue weighted by Crippen LogP contribution is -2.39. The summed E-state index contributed by atoms with van der Waals surface area (Å²) in [6.45, 7) is 0.637. The SMILES string of the molecule is O=C(CCCNC(=O)C1CC1)N[C@@H]1CCC[C@@H](C2CC2)C1. The van der Waals surface area contributed by atoms with Gasteiger partial charge in [-0.1, -0.05) is 12.8 Å². The average Bonchev–Trinajstić information content (AvgIpc) is 3.36. The first kappa shape index (κ1) is 14.9. The molecule has 0 aromatic heterocycles. The number of nitrogens with one attached hydrogen (secondary N) is 2. The van der Waals surface area contributed by atoms with Crippen molar-refractivity contribution in [1.82, 2.24) is 10.6 Å². The van der Waals surface area contributed by atoms with Crippen molar-refractivity contribution in [1.29, 1.82) is 0 Å². The molecule has 0 radical (unpaired) electrons. The Balaban J connectivity index is 1.27. The number of carbonyl (C=O) groups is 2. The minimum absolute atomic E-state index is 0.164. The highest BCUT2D eigenvalue weighted by atomic mass is 16.2. The van der Waals surface area contributed by atoms with Crippen LogP contribution in [0.3, 0.4) is 0 Å². The number of hydrogen-bond acceptors (Lipinski definition) is 2. The van der Waals surface area contributed by atoms with Crippen LogP contribution in [0.25, 0.3) is 0 Å². The van der Waals surface area contributed by atoms with E-state index in [2.05, 4.69) is 10.6 Å². The lowest BCUT2D eigenvalue weighted by atomic mass is 9.82. The maximum Gasteiger partial charge on any atom is 0.223 e. The molecule has 3 fully saturated rings. The van der Waals surface area contributed by atoms with Gasteiger partial charge in [-0.15, -0.1) is 0 Å². The second-order valence-corrected chi connectivity index (χ2v) is 7.20. The molecule has 4 nitrogen and oxygen atoms in total. The summed E-state index contributed by atoms with van der Waals surface area (Å²) in [7, 11) is 0. The Morgan fingerprint density at radius 1 is 0.952 bits per heavy atom. The average molecular weight is 292 g/mol. The molecule has 0 aromatic rings. The van der Waals surface area contributed by atoms with Gasteiger partial charge < -0.3 is 10.6 Å². The zero-order chi connectivity index (χ0) is 14.7. The van der Waals surface area contributed by atoms with E-state index < -0.39 is 0 Å². The number of carbonyl (C=O) groups excluding carboxylic acids is 2. The topological polar surface area (TPSA) is 58.2 Å². The van der Waals surface area contributed by atoms with Crippen LogP contribution in [-0.4, -0.2) is 24.4 Å². The first-order chi connectivity index (χ1) is 10.2. The summed E-state index contributed by atoms with van der Waals surface area (Å²) < 4.78 is 0. The fraction of sp³-hybridized carbons (Fsp3) is 0.882. The largest absolute Gasteiger partial charge is 0.356 e. The van der Waals surface area contributed by atoms with Crippen LogP contribution in [0.4, 0.5) is 0 Å². The summed E-state index contributed by atoms with van der Waals surface area (Å²) >= 11 is 0. The predicted octanol–water partition coefficient (Wildman–Crippen LogP) is 2.38. The Kier molecular flexibility index (Phi) is 4.81. The van der Waals surface area contributed by atoms with Gasteiger partial charge in [-0.05, 0) is 56.8 Å². The maximum atomic E-state index is 12.0. The smallest absolute Gasteiger partial charge is 0.223 e. The molecule has 0 saturated heterocycles. The Morgan fingerprint density at radius 2 is 1.76 bits per heavy atom. The van der Waals surface area contributed by atoms with Crippen LogP contribution in [-0.2, 0) is 9.59 Å². The molecular formula is C17H28N2O2. The second-order valence-electron chi connectivity index (χ2n) is 7.20. The summed E-state index contributed by atoms with van der Waals surface area (Å²) in [5.41, 5.74) is 0. The molecule has 2 atom stereocenters. The van der Waals surface area contributed by atoms with Crippen LogP contribution < -0.4 is 10.6 Å². The molecule has 0 unspecified atom stereocenters. The van der Waals surface area contributed by atoms with Crippen molar-refractivity contribution < 1.29 is 9.59 Å². The molecule has 118 valence electrons. The predicted molar refractivity (Wildman–Crippen MR) is 81.6 cm³/mol. The van der Waals surface area contributed by atoms with Crippen LogP contribution in [0.15, 0.2) is 0 Å². The fourth-order valence-corrected chi connectivity index (χ4v) is 3.60. The van der Waals surface area contributed by atoms with Crippen LogP contribution >= 0.6 is 0 Å². The third kappa shape index (κ3) is 4.72. The lowest BCUT2D eigenvalue weighted by molar-refractivity contribution is -0.124. The van der Waals surface area contributed by atoms with Gasteiger partial charge in [-0.25, -0.2) is 0 Å². The highest BCUT2D eigenvalue weighted by Crippen LogP contribution is 2.43. The van der Waals surface area contributed by atoms with Crippen molar-refractivity contribution in [3.8, 4) is 0 Å². The van der Waals surface area contributed by atoms with Crippen LogP contribution in [0.2, 0.25) is 0 Å². The van der Waals surface area contributed by atoms with Gasteiger partial charge in [0.2, 0.25) is 11.8 Å². The van der Waals surface area contributed by atoms with Crippen LogP contribution in [0, 0.1) is 17.8 Å². The molecule has 0 spiro atoms. The van der Waals surface area contributed by atoms with E-state index in [0.717, 1.165) is 37.5 Å². The molecule has 4 heteroatoms. The van der Waals surface area contributed by atoms with Gasteiger partial charge in [0.25, 0.3) is 0 Å². The summed E-state index contributed by atoms with van der Waals surface area (Å²) in [6.07, 6.45) is 11.2. The van der Waals surface area contributed by atoms with Crippen molar-refractivity contribution in [3.05, 3.63) is 0 Å². The monoisotopic (exact) mass is 292 g/mol. The summed E-state index contributed by atoms with van der Waals surface area (Å²) in [6, 6.07) is 0.401. The van der Waals surface area contributed by atoms with Crippen LogP contribution in [0.5, 0.6) is 0 Å². The van der Waals surface area contributed by atoms with E-state index in [-0.39, 0.29) is 17.7 Å². The summed E-state index contributed by atoms with van der Waals surface area (Å²) in [4.78, 5) is 23.4. The van der Waals surface area contributed by atoms with E-state index >= 15 is 0 Å². The molecule has 21 heavy (non-hydrogen) atoms. The first-order valence-corrected chi connectivity index (χ1v) is 8.79. The van der Waals surface area contributed by atoms with Crippen LogP contribution in [0.1, 0.15) is 64.2 Å². The fourth-order valence-electron chi connectivity index (χ4n) is 3.60. The highest BCUT2D eigenvalue weighted by molar-refractivity contribution is 5.81. The molecular weight excluding hydrogens is 264 g/mol. The minimum Gasteiger partial charge on any atom is -0.356 e. The molecule has 2 N–H and O–H groups in total. The third-order valence-corrected chi connectivity index (χ3v) is 5.20. The molecule has 0 aliphatic heterocycles. The zero-order valence-electron chi connectivity index (χ0n) is 12.9. The molecule has 3 rings (SSSR count). The normalized spacial score (nSPS) is 29.0. The van der Waals surface area contributed by atoms with Gasteiger partial charge in [0.05, 0.1) is 0 Å². The van der Waals surface area contributed by atoms with Gasteiger partial charge in [0, 0.05) is 24.9 Å². The highest BCUT2D eigenvalue weighted by Gasteiger charge is 2.35. The summed E-state index contributed by atoms with van der Waals surface area (Å²) in [5.74, 6) is 2.43. The van der Waals surface area contributed by atoms with Gasteiger partial charge in [-0.3, -0.25) is 9.59 Å². The number of amides is 2. The van der Waals surface area contributed by atoms with Crippen molar-refractivity contribution in [3.63, 3.8) is 0 Å². The zero-order valence-corrected chi connectivity index (χ0v) is 12.9. The minimum atomic E-state index is 0.164. The number of rotatable bonds is 7. The molecule has 0 heterocycles. The van der Waals surface area contributed by atoms with Gasteiger partial charge in [0.1, 0.15) is 0 Å². The quantitative estimate of drug-likeness (QED) is 0.708. The molecule has 3 aliphatic rings. The van der Waals surface area contributed by atoms with Gasteiger partial charge in [-0.2, -0.15) is 0 Å². The second kappa shape index (κ2) is 6.80. The molecule has 3 aliphatic carbocycles. The number of hydrogen-bond donors (Lipinski definition) is 2. The van der Waals surface area contributed by atoms with Gasteiger partial charge >= 0.3 is 0 Å². The standard InChI is InChI=1S/C17H28N2O2/c20-16(5-2-10-18-17(21)13-8-9-13)19-15-4-1-3-14(11-15)12-6-7-12/h12-15H,1-11H2,(H,18,21)(H,19,20)/t14-,15-/m1/s1. The Morgan fingerprint density at radius 3 is 2.48 bits per heavy atom. The Hall–Kier alpha value is -1.06. The van der Waals surface area contributed by atoms with E-state index in [4.69, 9.17) is 0 Å². The van der Waals surface area contributed by atoms with E-state index in [1.54, 1.807) is 0 Å². The Labute approximate surface area is 127 Å². The van der Waals surface area contributed by atoms with E-state index in [1.807, 2.05) is 0 Å². The van der Waals surface area contributed by atoms with Crippen molar-refractivity contribution in [2.75, 3.05) is 6.54 Å². The van der Waals surface area contributed by atoms with E-state index in [0.29, 0.717) is 19.0 Å². The van der Waals surface area contributed by atoms with E-state index in [9.17, 15) is 9.59 Å². The van der Waals surface area contributed by atoms with Crippen molar-refractivity contribution in [2.24, 2.45) is 17.8 Å². The first-order valence-electron chi connectivity index (χ1n) is 8.79. The maximum absolute atomic E-state index is 12.0. The van der Waals surface area contributed by atoms with Crippen molar-refractivity contribution in [2.45, 2.75) is 70.3 Å². The van der Waals surface area contributed by atoms with E-state index in [1.165, 1.54) is 32.1 Å². The molecule has 2 amide bonds. The third-order valence-electron chi connectivity index (χ3n) is 5.20. The molecule has 0 bridgehead atoms. The molecule has 3 saturated carbocycles. The summed E-state index contributed by atoms with van der Waals surface area (Å²) in [5, 5.41) is 6.12. The van der Waals surface area contributed by atoms with Gasteiger partial charge in [0.15, 0.2) is 0 Å². The molecule has 0 aromatic carbocycles. The Bertz CT molecular complexity index is 388. The lowest BCUT2D eigenvalue weighted by Gasteiger charge is -2.29.